The molecule has 0 heterocycles. The quantitative estimate of drug-likeness (QED) is 0.840. The van der Waals surface area contributed by atoms with E-state index in [2.05, 4.69) is 5.32 Å². The molecule has 0 spiro atoms. The van der Waals surface area contributed by atoms with Crippen LogP contribution in [0.4, 0.5) is 4.79 Å². The highest BCUT2D eigenvalue weighted by Crippen LogP contribution is 2.21. The smallest absolute Gasteiger partial charge is 0.317 e. The Morgan fingerprint density at radius 3 is 2.27 bits per heavy atom. The van der Waals surface area contributed by atoms with Gasteiger partial charge in [-0.2, -0.15) is 0 Å². The van der Waals surface area contributed by atoms with Crippen LogP contribution in [0.15, 0.2) is 30.3 Å². The lowest BCUT2D eigenvalue weighted by atomic mass is 9.95. The summed E-state index contributed by atoms with van der Waals surface area (Å²) in [5, 5.41) is 2.85. The third-order valence-corrected chi connectivity index (χ3v) is 5.24. The molecule has 5 heteroatoms. The molecule has 1 N–H and O–H groups in total. The lowest BCUT2D eigenvalue weighted by molar-refractivity contribution is -0.132. The average molecular weight is 360 g/mol. The largest absolute Gasteiger partial charge is 0.343 e. The minimum absolute atomic E-state index is 0.126. The number of amides is 3. The van der Waals surface area contributed by atoms with Crippen LogP contribution in [0.2, 0.25) is 0 Å². The van der Waals surface area contributed by atoms with Crippen molar-refractivity contribution in [2.24, 2.45) is 0 Å². The fraction of sp³-hybridized carbons (Fsp3) is 0.619. The molecule has 5 nitrogen and oxygen atoms in total. The molecule has 3 amide bonds. The Balaban J connectivity index is 1.70. The Hall–Kier alpha value is -2.04. The highest BCUT2D eigenvalue weighted by molar-refractivity contribution is 5.78. The standard InChI is InChI=1S/C21H33N3O2/c1-23(17-18-11-7-6-8-12-18)21(26)22-16-15-20(25)24(2)19-13-9-4-3-5-10-14-19/h6-8,11-12,19H,3-5,9-10,13-17H2,1-2H3,(H,22,26). The van der Waals surface area contributed by atoms with Crippen LogP contribution >= 0.6 is 0 Å². The zero-order valence-corrected chi connectivity index (χ0v) is 16.2. The molecule has 0 radical (unpaired) electrons. The summed E-state index contributed by atoms with van der Waals surface area (Å²) in [6.45, 7) is 0.941. The number of urea groups is 1. The topological polar surface area (TPSA) is 52.7 Å². The van der Waals surface area contributed by atoms with Crippen LogP contribution in [-0.4, -0.2) is 48.4 Å². The Bertz CT molecular complexity index is 554. The van der Waals surface area contributed by atoms with E-state index in [1.807, 2.05) is 42.3 Å². The molecule has 1 saturated carbocycles. The molecule has 1 aliphatic rings. The van der Waals surface area contributed by atoms with Gasteiger partial charge in [-0.25, -0.2) is 4.79 Å². The summed E-state index contributed by atoms with van der Waals surface area (Å²) in [4.78, 5) is 28.2. The number of carbonyl (C=O) groups is 2. The molecule has 1 aliphatic carbocycles. The van der Waals surface area contributed by atoms with E-state index in [1.54, 1.807) is 11.9 Å². The third kappa shape index (κ3) is 6.70. The first-order valence-electron chi connectivity index (χ1n) is 9.86. The van der Waals surface area contributed by atoms with Gasteiger partial charge in [-0.15, -0.1) is 0 Å². The second-order valence-electron chi connectivity index (χ2n) is 7.33. The molecule has 1 aromatic carbocycles. The number of hydrogen-bond donors (Lipinski definition) is 1. The first-order valence-corrected chi connectivity index (χ1v) is 9.86. The SMILES string of the molecule is CN(Cc1ccccc1)C(=O)NCCC(=O)N(C)C1CCCCCCC1. The maximum atomic E-state index is 12.4. The molecule has 0 atom stereocenters. The van der Waals surface area contributed by atoms with E-state index in [0.29, 0.717) is 25.6 Å². The minimum Gasteiger partial charge on any atom is -0.343 e. The Labute approximate surface area is 157 Å². The molecule has 1 fully saturated rings. The maximum Gasteiger partial charge on any atom is 0.317 e. The van der Waals surface area contributed by atoms with Gasteiger partial charge >= 0.3 is 6.03 Å². The minimum atomic E-state index is -0.143. The second-order valence-corrected chi connectivity index (χ2v) is 7.33. The molecular formula is C21H33N3O2. The first kappa shape index (κ1) is 20.3. The van der Waals surface area contributed by atoms with E-state index in [1.165, 1.54) is 32.1 Å². The highest BCUT2D eigenvalue weighted by Gasteiger charge is 2.20. The number of nitrogens with one attached hydrogen (secondary N) is 1. The summed E-state index contributed by atoms with van der Waals surface area (Å²) in [5.74, 6) is 0.126. The Kier molecular flexibility index (Phi) is 8.45. The van der Waals surface area contributed by atoms with Crippen molar-refractivity contribution in [3.8, 4) is 0 Å². The maximum absolute atomic E-state index is 12.4. The molecular weight excluding hydrogens is 326 g/mol. The van der Waals surface area contributed by atoms with Crippen LogP contribution in [0.5, 0.6) is 0 Å². The van der Waals surface area contributed by atoms with Gasteiger partial charge in [0.1, 0.15) is 0 Å². The predicted molar refractivity (Wildman–Crippen MR) is 105 cm³/mol. The molecule has 0 unspecified atom stereocenters. The van der Waals surface area contributed by atoms with E-state index in [0.717, 1.165) is 18.4 Å². The average Bonchev–Trinajstić information content (AvgIpc) is 2.61. The normalized spacial score (nSPS) is 15.6. The number of hydrogen-bond acceptors (Lipinski definition) is 2. The van der Waals surface area contributed by atoms with Gasteiger partial charge in [-0.3, -0.25) is 4.79 Å². The molecule has 2 rings (SSSR count). The predicted octanol–water partition coefficient (Wildman–Crippen LogP) is 3.79. The van der Waals surface area contributed by atoms with Crippen LogP contribution in [-0.2, 0) is 11.3 Å². The van der Waals surface area contributed by atoms with Crippen molar-refractivity contribution in [3.63, 3.8) is 0 Å². The van der Waals surface area contributed by atoms with Gasteiger partial charge in [-0.05, 0) is 18.4 Å². The first-order chi connectivity index (χ1) is 12.6. The van der Waals surface area contributed by atoms with Gasteiger partial charge in [0.15, 0.2) is 0 Å². The van der Waals surface area contributed by atoms with Crippen molar-refractivity contribution in [1.29, 1.82) is 0 Å². The van der Waals surface area contributed by atoms with Gasteiger partial charge < -0.3 is 15.1 Å². The lowest BCUT2D eigenvalue weighted by Crippen LogP contribution is -2.41. The zero-order chi connectivity index (χ0) is 18.8. The van der Waals surface area contributed by atoms with E-state index in [9.17, 15) is 9.59 Å². The molecule has 0 aromatic heterocycles. The van der Waals surface area contributed by atoms with Crippen molar-refractivity contribution in [1.82, 2.24) is 15.1 Å². The van der Waals surface area contributed by atoms with Crippen LogP contribution in [0.1, 0.15) is 56.9 Å². The van der Waals surface area contributed by atoms with Crippen molar-refractivity contribution < 1.29 is 9.59 Å². The molecule has 26 heavy (non-hydrogen) atoms. The fourth-order valence-corrected chi connectivity index (χ4v) is 3.54. The summed E-state index contributed by atoms with van der Waals surface area (Å²) in [6.07, 6.45) is 8.88. The van der Waals surface area contributed by atoms with Gasteiger partial charge in [0, 0.05) is 39.6 Å². The number of nitrogens with zero attached hydrogens (tertiary/aromatic N) is 2. The van der Waals surface area contributed by atoms with Crippen LogP contribution in [0.25, 0.3) is 0 Å². The molecule has 144 valence electrons. The van der Waals surface area contributed by atoms with Crippen molar-refractivity contribution >= 4 is 11.9 Å². The summed E-state index contributed by atoms with van der Waals surface area (Å²) in [6, 6.07) is 10.1. The van der Waals surface area contributed by atoms with Gasteiger partial charge in [0.05, 0.1) is 0 Å². The summed E-state index contributed by atoms with van der Waals surface area (Å²) < 4.78 is 0. The Morgan fingerprint density at radius 2 is 1.62 bits per heavy atom. The number of benzene rings is 1. The summed E-state index contributed by atoms with van der Waals surface area (Å²) >= 11 is 0. The molecule has 1 aromatic rings. The van der Waals surface area contributed by atoms with Crippen LogP contribution in [0.3, 0.4) is 0 Å². The lowest BCUT2D eigenvalue weighted by Gasteiger charge is -2.30. The molecule has 0 aliphatic heterocycles. The Morgan fingerprint density at radius 1 is 1.00 bits per heavy atom. The van der Waals surface area contributed by atoms with Gasteiger partial charge in [0.25, 0.3) is 0 Å². The van der Waals surface area contributed by atoms with Gasteiger partial charge in [0.2, 0.25) is 5.91 Å². The van der Waals surface area contributed by atoms with Crippen molar-refractivity contribution in [2.45, 2.75) is 64.0 Å². The summed E-state index contributed by atoms with van der Waals surface area (Å²) in [7, 11) is 3.68. The van der Waals surface area contributed by atoms with Crippen molar-refractivity contribution in [3.05, 3.63) is 35.9 Å². The third-order valence-electron chi connectivity index (χ3n) is 5.24. The van der Waals surface area contributed by atoms with Crippen LogP contribution in [0, 0.1) is 0 Å². The van der Waals surface area contributed by atoms with E-state index >= 15 is 0 Å². The fourth-order valence-electron chi connectivity index (χ4n) is 3.54. The zero-order valence-electron chi connectivity index (χ0n) is 16.2. The number of carbonyl (C=O) groups excluding carboxylic acids is 2. The molecule has 0 bridgehead atoms. The highest BCUT2D eigenvalue weighted by atomic mass is 16.2. The molecule has 0 saturated heterocycles. The van der Waals surface area contributed by atoms with E-state index in [4.69, 9.17) is 0 Å². The van der Waals surface area contributed by atoms with Crippen molar-refractivity contribution in [2.75, 3.05) is 20.6 Å². The second kappa shape index (κ2) is 10.8. The van der Waals surface area contributed by atoms with Crippen LogP contribution < -0.4 is 5.32 Å². The van der Waals surface area contributed by atoms with Gasteiger partial charge in [-0.1, -0.05) is 62.4 Å². The monoisotopic (exact) mass is 359 g/mol. The van der Waals surface area contributed by atoms with E-state index in [-0.39, 0.29) is 11.9 Å². The number of rotatable bonds is 6. The summed E-state index contributed by atoms with van der Waals surface area (Å²) in [5.41, 5.74) is 1.09. The van der Waals surface area contributed by atoms with E-state index < -0.39 is 0 Å².